The molecular formula is C21H26N2O3S. The topological polar surface area (TPSA) is 62.7 Å². The summed E-state index contributed by atoms with van der Waals surface area (Å²) in [6.07, 6.45) is 7.35. The number of fused-ring (bicyclic) bond motifs is 1. The quantitative estimate of drug-likeness (QED) is 0.814. The molecule has 2 aromatic rings. The summed E-state index contributed by atoms with van der Waals surface area (Å²) in [5.41, 5.74) is 1.64. The second-order valence-electron chi connectivity index (χ2n) is 7.43. The van der Waals surface area contributed by atoms with E-state index in [1.807, 2.05) is 17.4 Å². The van der Waals surface area contributed by atoms with Crippen molar-refractivity contribution < 1.29 is 14.6 Å². The number of nitrogens with zero attached hydrogens (tertiary/aromatic N) is 2. The molecule has 1 saturated heterocycles. The summed E-state index contributed by atoms with van der Waals surface area (Å²) in [6, 6.07) is 6.69. The molecule has 1 aliphatic carbocycles. The third-order valence-electron chi connectivity index (χ3n) is 5.56. The van der Waals surface area contributed by atoms with Crippen LogP contribution in [0.2, 0.25) is 0 Å². The van der Waals surface area contributed by atoms with Crippen LogP contribution in [0.3, 0.4) is 0 Å². The number of rotatable bonds is 6. The molecule has 0 radical (unpaired) electrons. The minimum atomic E-state index is -0.925. The van der Waals surface area contributed by atoms with E-state index in [4.69, 9.17) is 14.8 Å². The molecule has 1 aromatic carbocycles. The number of hydrogen-bond acceptors (Lipinski definition) is 5. The molecule has 0 bridgehead atoms. The Bertz CT molecular complexity index is 773. The Balaban J connectivity index is 1.23. The smallest absolute Gasteiger partial charge is 0.335 e. The summed E-state index contributed by atoms with van der Waals surface area (Å²) < 4.78 is 5.75. The van der Waals surface area contributed by atoms with E-state index >= 15 is 0 Å². The van der Waals surface area contributed by atoms with Crippen molar-refractivity contribution in [1.82, 2.24) is 9.88 Å². The fourth-order valence-corrected chi connectivity index (χ4v) is 5.28. The second kappa shape index (κ2) is 8.40. The molecule has 0 amide bonds. The maximum Gasteiger partial charge on any atom is 0.335 e. The Hall–Kier alpha value is -1.92. The number of piperidine rings is 1. The number of benzene rings is 1. The molecule has 2 heterocycles. The van der Waals surface area contributed by atoms with Gasteiger partial charge in [-0.1, -0.05) is 6.07 Å². The molecule has 1 aliphatic heterocycles. The van der Waals surface area contributed by atoms with Gasteiger partial charge in [0.05, 0.1) is 16.3 Å². The molecule has 6 heteroatoms. The zero-order valence-electron chi connectivity index (χ0n) is 15.5. The first-order chi connectivity index (χ1) is 13.2. The lowest BCUT2D eigenvalue weighted by atomic mass is 9.97. The lowest BCUT2D eigenvalue weighted by Gasteiger charge is -2.30. The van der Waals surface area contributed by atoms with Crippen molar-refractivity contribution in [1.29, 1.82) is 0 Å². The van der Waals surface area contributed by atoms with E-state index in [2.05, 4.69) is 4.90 Å². The highest BCUT2D eigenvalue weighted by atomic mass is 32.1. The van der Waals surface area contributed by atoms with Crippen LogP contribution in [0.25, 0.3) is 0 Å². The fourth-order valence-electron chi connectivity index (χ4n) is 3.96. The number of thiazole rings is 1. The van der Waals surface area contributed by atoms with Crippen LogP contribution in [0, 0.1) is 0 Å². The number of likely N-dealkylation sites (tertiary alicyclic amines) is 1. The molecule has 0 spiro atoms. The van der Waals surface area contributed by atoms with Gasteiger partial charge in [0.1, 0.15) is 12.4 Å². The van der Waals surface area contributed by atoms with E-state index in [9.17, 15) is 4.79 Å². The van der Waals surface area contributed by atoms with E-state index in [1.165, 1.54) is 54.1 Å². The van der Waals surface area contributed by atoms with Crippen molar-refractivity contribution in [3.8, 4) is 5.75 Å². The van der Waals surface area contributed by atoms with Gasteiger partial charge in [0.15, 0.2) is 0 Å². The molecule has 1 fully saturated rings. The lowest BCUT2D eigenvalue weighted by Crippen LogP contribution is -2.35. The molecule has 27 heavy (non-hydrogen) atoms. The van der Waals surface area contributed by atoms with Gasteiger partial charge in [0.2, 0.25) is 0 Å². The standard InChI is InChI=1S/C21H26N2O3S/c24-21(25)16-4-3-5-17(14-16)26-13-12-23-10-8-15(9-11-23)20-22-18-6-1-2-7-19(18)27-20/h3-5,14-15H,1-2,6-13H2,(H,24,25). The highest BCUT2D eigenvalue weighted by Crippen LogP contribution is 2.35. The third kappa shape index (κ3) is 4.50. The summed E-state index contributed by atoms with van der Waals surface area (Å²) in [5, 5.41) is 10.4. The molecular weight excluding hydrogens is 360 g/mol. The number of ether oxygens (including phenoxy) is 1. The Morgan fingerprint density at radius 2 is 2.07 bits per heavy atom. The number of carboxylic acids is 1. The van der Waals surface area contributed by atoms with Gasteiger partial charge in [-0.3, -0.25) is 4.90 Å². The monoisotopic (exact) mass is 386 g/mol. The van der Waals surface area contributed by atoms with Crippen LogP contribution in [-0.4, -0.2) is 47.2 Å². The maximum absolute atomic E-state index is 11.0. The van der Waals surface area contributed by atoms with Gasteiger partial charge in [-0.05, 0) is 69.8 Å². The first kappa shape index (κ1) is 18.4. The van der Waals surface area contributed by atoms with E-state index in [-0.39, 0.29) is 5.56 Å². The second-order valence-corrected chi connectivity index (χ2v) is 8.54. The van der Waals surface area contributed by atoms with Gasteiger partial charge in [0.25, 0.3) is 0 Å². The Morgan fingerprint density at radius 1 is 1.26 bits per heavy atom. The number of carboxylic acid groups (broad SMARTS) is 1. The average Bonchev–Trinajstić information content (AvgIpc) is 3.13. The van der Waals surface area contributed by atoms with Gasteiger partial charge in [-0.25, -0.2) is 9.78 Å². The van der Waals surface area contributed by atoms with Crippen molar-refractivity contribution in [2.75, 3.05) is 26.2 Å². The van der Waals surface area contributed by atoms with Crippen molar-refractivity contribution in [3.63, 3.8) is 0 Å². The first-order valence-electron chi connectivity index (χ1n) is 9.86. The van der Waals surface area contributed by atoms with Gasteiger partial charge >= 0.3 is 5.97 Å². The minimum absolute atomic E-state index is 0.263. The normalized spacial score (nSPS) is 18.2. The van der Waals surface area contributed by atoms with Gasteiger partial charge in [-0.2, -0.15) is 0 Å². The predicted molar refractivity (Wildman–Crippen MR) is 106 cm³/mol. The van der Waals surface area contributed by atoms with Crippen LogP contribution in [0.1, 0.15) is 57.5 Å². The van der Waals surface area contributed by atoms with E-state index in [0.29, 0.717) is 18.3 Å². The molecule has 144 valence electrons. The van der Waals surface area contributed by atoms with Gasteiger partial charge in [0, 0.05) is 17.3 Å². The number of carbonyl (C=O) groups is 1. The Labute approximate surface area is 164 Å². The van der Waals surface area contributed by atoms with Crippen molar-refractivity contribution >= 4 is 17.3 Å². The fraction of sp³-hybridized carbons (Fsp3) is 0.524. The molecule has 1 aromatic heterocycles. The molecule has 1 N–H and O–H groups in total. The maximum atomic E-state index is 11.0. The minimum Gasteiger partial charge on any atom is -0.492 e. The van der Waals surface area contributed by atoms with Crippen LogP contribution < -0.4 is 4.74 Å². The van der Waals surface area contributed by atoms with Gasteiger partial charge in [-0.15, -0.1) is 11.3 Å². The zero-order chi connectivity index (χ0) is 18.6. The highest BCUT2D eigenvalue weighted by molar-refractivity contribution is 7.11. The van der Waals surface area contributed by atoms with E-state index in [0.717, 1.165) is 19.6 Å². The van der Waals surface area contributed by atoms with Gasteiger partial charge < -0.3 is 9.84 Å². The number of aromatic carboxylic acids is 1. The van der Waals surface area contributed by atoms with Crippen LogP contribution >= 0.6 is 11.3 Å². The van der Waals surface area contributed by atoms with Crippen LogP contribution in [0.15, 0.2) is 24.3 Å². The van der Waals surface area contributed by atoms with Crippen LogP contribution in [0.5, 0.6) is 5.75 Å². The molecule has 0 saturated carbocycles. The summed E-state index contributed by atoms with van der Waals surface area (Å²) in [6.45, 7) is 3.61. The average molecular weight is 387 g/mol. The molecule has 0 atom stereocenters. The van der Waals surface area contributed by atoms with Crippen molar-refractivity contribution in [3.05, 3.63) is 45.4 Å². The zero-order valence-corrected chi connectivity index (χ0v) is 16.3. The number of aryl methyl sites for hydroxylation is 2. The SMILES string of the molecule is O=C(O)c1cccc(OCCN2CCC(c3nc4c(s3)CCCC4)CC2)c1. The lowest BCUT2D eigenvalue weighted by molar-refractivity contribution is 0.0696. The highest BCUT2D eigenvalue weighted by Gasteiger charge is 2.25. The summed E-state index contributed by atoms with van der Waals surface area (Å²) in [4.78, 5) is 19.9. The first-order valence-corrected chi connectivity index (χ1v) is 10.7. The van der Waals surface area contributed by atoms with Crippen molar-refractivity contribution in [2.45, 2.75) is 44.4 Å². The van der Waals surface area contributed by atoms with E-state index in [1.54, 1.807) is 18.2 Å². The molecule has 2 aliphatic rings. The summed E-state index contributed by atoms with van der Waals surface area (Å²) >= 11 is 1.96. The van der Waals surface area contributed by atoms with E-state index < -0.39 is 5.97 Å². The molecule has 5 nitrogen and oxygen atoms in total. The Morgan fingerprint density at radius 3 is 2.85 bits per heavy atom. The summed E-state index contributed by atoms with van der Waals surface area (Å²) in [7, 11) is 0. The van der Waals surface area contributed by atoms with Crippen molar-refractivity contribution in [2.24, 2.45) is 0 Å². The molecule has 0 unspecified atom stereocenters. The van der Waals surface area contributed by atoms with Crippen LogP contribution in [0.4, 0.5) is 0 Å². The number of hydrogen-bond donors (Lipinski definition) is 1. The summed E-state index contributed by atoms with van der Waals surface area (Å²) in [5.74, 6) is 0.314. The Kier molecular flexibility index (Phi) is 5.74. The molecule has 4 rings (SSSR count). The predicted octanol–water partition coefficient (Wildman–Crippen LogP) is 3.98. The van der Waals surface area contributed by atoms with Crippen LogP contribution in [-0.2, 0) is 12.8 Å². The third-order valence-corrected chi connectivity index (χ3v) is 6.88. The largest absolute Gasteiger partial charge is 0.492 e. The number of aromatic nitrogens is 1.